The Hall–Kier alpha value is -1.34. The van der Waals surface area contributed by atoms with Crippen molar-refractivity contribution in [3.8, 4) is 0 Å². The van der Waals surface area contributed by atoms with Gasteiger partial charge in [-0.2, -0.15) is 0 Å². The Morgan fingerprint density at radius 2 is 2.05 bits per heavy atom. The molecular formula is C12H22N4O2S. The lowest BCUT2D eigenvalue weighted by Gasteiger charge is -2.11. The Morgan fingerprint density at radius 3 is 2.58 bits per heavy atom. The van der Waals surface area contributed by atoms with Crippen molar-refractivity contribution in [2.75, 3.05) is 43.0 Å². The lowest BCUT2D eigenvalue weighted by molar-refractivity contribution is 0.425. The van der Waals surface area contributed by atoms with Gasteiger partial charge in [-0.05, 0) is 32.6 Å². The first kappa shape index (κ1) is 15.7. The van der Waals surface area contributed by atoms with Crippen molar-refractivity contribution in [1.29, 1.82) is 0 Å². The molecule has 0 saturated heterocycles. The van der Waals surface area contributed by atoms with Gasteiger partial charge in [0.1, 0.15) is 5.82 Å². The van der Waals surface area contributed by atoms with Crippen LogP contribution in [0.25, 0.3) is 0 Å². The molecule has 0 unspecified atom stereocenters. The van der Waals surface area contributed by atoms with E-state index >= 15 is 0 Å². The molecule has 0 atom stereocenters. The van der Waals surface area contributed by atoms with E-state index in [1.54, 1.807) is 12.1 Å². The second kappa shape index (κ2) is 7.30. The molecule has 6 nitrogen and oxygen atoms in total. The monoisotopic (exact) mass is 286 g/mol. The average molecular weight is 286 g/mol. The first-order chi connectivity index (χ1) is 8.93. The third kappa shape index (κ3) is 6.40. The average Bonchev–Trinajstić information content (AvgIpc) is 2.30. The topological polar surface area (TPSA) is 74.3 Å². The van der Waals surface area contributed by atoms with Crippen LogP contribution in [0.1, 0.15) is 13.3 Å². The zero-order valence-corrected chi connectivity index (χ0v) is 12.5. The molecule has 0 aliphatic rings. The van der Waals surface area contributed by atoms with Crippen LogP contribution in [0.15, 0.2) is 18.3 Å². The van der Waals surface area contributed by atoms with Gasteiger partial charge >= 0.3 is 0 Å². The molecule has 0 aliphatic heterocycles. The van der Waals surface area contributed by atoms with E-state index in [2.05, 4.69) is 19.9 Å². The molecule has 0 aromatic carbocycles. The molecule has 1 aromatic rings. The highest BCUT2D eigenvalue weighted by Gasteiger charge is 2.08. The summed E-state index contributed by atoms with van der Waals surface area (Å²) >= 11 is 0. The molecule has 0 bridgehead atoms. The van der Waals surface area contributed by atoms with E-state index in [-0.39, 0.29) is 5.75 Å². The van der Waals surface area contributed by atoms with E-state index in [1.165, 1.54) is 6.20 Å². The summed E-state index contributed by atoms with van der Waals surface area (Å²) in [7, 11) is 0.759. The Kier molecular flexibility index (Phi) is 6.04. The highest BCUT2D eigenvalue weighted by molar-refractivity contribution is 7.92. The molecule has 7 heteroatoms. The van der Waals surface area contributed by atoms with Crippen molar-refractivity contribution >= 4 is 21.5 Å². The number of likely N-dealkylation sites (N-methyl/N-ethyl adjacent to an activating group) is 1. The number of rotatable bonds is 8. The second-order valence-electron chi connectivity index (χ2n) is 4.58. The normalized spacial score (nSPS) is 11.6. The fourth-order valence-corrected chi connectivity index (χ4v) is 2.59. The Bertz CT molecular complexity index is 471. The molecular weight excluding hydrogens is 264 g/mol. The summed E-state index contributed by atoms with van der Waals surface area (Å²) in [5.74, 6) is 0.857. The summed E-state index contributed by atoms with van der Waals surface area (Å²) in [5, 5.41) is 3.16. The third-order valence-electron chi connectivity index (χ3n) is 2.37. The highest BCUT2D eigenvalue weighted by Crippen LogP contribution is 2.11. The standard InChI is InChI=1S/C12H22N4O2S/c1-4-9-19(17,18)15-11-5-6-12(14-10-11)13-7-8-16(2)3/h5-6,10,15H,4,7-9H2,1-3H3,(H,13,14). The van der Waals surface area contributed by atoms with Gasteiger partial charge in [0.15, 0.2) is 0 Å². The van der Waals surface area contributed by atoms with Crippen LogP contribution in [0, 0.1) is 0 Å². The maximum Gasteiger partial charge on any atom is 0.232 e. The maximum atomic E-state index is 11.6. The SMILES string of the molecule is CCCS(=O)(=O)Nc1ccc(NCCN(C)C)nc1. The fraction of sp³-hybridized carbons (Fsp3) is 0.583. The lowest BCUT2D eigenvalue weighted by atomic mass is 10.4. The summed E-state index contributed by atoms with van der Waals surface area (Å²) in [4.78, 5) is 6.23. The minimum atomic E-state index is -3.24. The van der Waals surface area contributed by atoms with Crippen molar-refractivity contribution in [2.45, 2.75) is 13.3 Å². The number of hydrogen-bond acceptors (Lipinski definition) is 5. The van der Waals surface area contributed by atoms with Gasteiger partial charge in [0, 0.05) is 13.1 Å². The molecule has 0 spiro atoms. The van der Waals surface area contributed by atoms with Crippen molar-refractivity contribution in [1.82, 2.24) is 9.88 Å². The van der Waals surface area contributed by atoms with Crippen LogP contribution >= 0.6 is 0 Å². The largest absolute Gasteiger partial charge is 0.369 e. The van der Waals surface area contributed by atoms with E-state index in [4.69, 9.17) is 0 Å². The summed E-state index contributed by atoms with van der Waals surface area (Å²) in [6.07, 6.45) is 2.11. The summed E-state index contributed by atoms with van der Waals surface area (Å²) < 4.78 is 25.6. The van der Waals surface area contributed by atoms with Gasteiger partial charge in [-0.3, -0.25) is 4.72 Å². The van der Waals surface area contributed by atoms with Gasteiger partial charge in [-0.15, -0.1) is 0 Å². The molecule has 0 fully saturated rings. The molecule has 1 rings (SSSR count). The van der Waals surface area contributed by atoms with Crippen molar-refractivity contribution < 1.29 is 8.42 Å². The molecule has 1 aromatic heterocycles. The van der Waals surface area contributed by atoms with Crippen molar-refractivity contribution in [2.24, 2.45) is 0 Å². The molecule has 0 radical (unpaired) electrons. The van der Waals surface area contributed by atoms with Gasteiger partial charge in [0.25, 0.3) is 0 Å². The van der Waals surface area contributed by atoms with Crippen LogP contribution in [0.4, 0.5) is 11.5 Å². The Balaban J connectivity index is 2.52. The quantitative estimate of drug-likeness (QED) is 0.751. The Labute approximate surface area is 115 Å². The molecule has 1 heterocycles. The van der Waals surface area contributed by atoms with Gasteiger partial charge in [0.2, 0.25) is 10.0 Å². The minimum absolute atomic E-state index is 0.121. The zero-order chi connectivity index (χ0) is 14.3. The van der Waals surface area contributed by atoms with Crippen LogP contribution in [0.2, 0.25) is 0 Å². The number of hydrogen-bond donors (Lipinski definition) is 2. The third-order valence-corrected chi connectivity index (χ3v) is 3.87. The van der Waals surface area contributed by atoms with E-state index in [9.17, 15) is 8.42 Å². The van der Waals surface area contributed by atoms with Crippen molar-refractivity contribution in [3.63, 3.8) is 0 Å². The van der Waals surface area contributed by atoms with E-state index in [1.807, 2.05) is 21.0 Å². The lowest BCUT2D eigenvalue weighted by Crippen LogP contribution is -2.21. The zero-order valence-electron chi connectivity index (χ0n) is 11.7. The fourth-order valence-electron chi connectivity index (χ4n) is 1.47. The first-order valence-electron chi connectivity index (χ1n) is 6.28. The summed E-state index contributed by atoms with van der Waals surface area (Å²) in [5.41, 5.74) is 0.492. The van der Waals surface area contributed by atoms with E-state index in [0.717, 1.165) is 18.9 Å². The van der Waals surface area contributed by atoms with Gasteiger partial charge in [-0.25, -0.2) is 13.4 Å². The molecule has 2 N–H and O–H groups in total. The number of sulfonamides is 1. The molecule has 108 valence electrons. The van der Waals surface area contributed by atoms with Crippen molar-refractivity contribution in [3.05, 3.63) is 18.3 Å². The second-order valence-corrected chi connectivity index (χ2v) is 6.42. The maximum absolute atomic E-state index is 11.6. The summed E-state index contributed by atoms with van der Waals surface area (Å²) in [6.45, 7) is 3.53. The van der Waals surface area contributed by atoms with Crippen LogP contribution in [0.3, 0.4) is 0 Å². The number of pyridine rings is 1. The molecule has 0 amide bonds. The van der Waals surface area contributed by atoms with Crippen LogP contribution in [-0.4, -0.2) is 51.2 Å². The first-order valence-corrected chi connectivity index (χ1v) is 7.93. The van der Waals surface area contributed by atoms with Crippen LogP contribution in [0.5, 0.6) is 0 Å². The minimum Gasteiger partial charge on any atom is -0.369 e. The molecule has 19 heavy (non-hydrogen) atoms. The predicted molar refractivity (Wildman–Crippen MR) is 79.0 cm³/mol. The molecule has 0 saturated carbocycles. The number of nitrogens with zero attached hydrogens (tertiary/aromatic N) is 2. The van der Waals surface area contributed by atoms with E-state index in [0.29, 0.717) is 12.1 Å². The number of anilines is 2. The summed E-state index contributed by atoms with van der Waals surface area (Å²) in [6, 6.07) is 3.47. The Morgan fingerprint density at radius 1 is 1.32 bits per heavy atom. The predicted octanol–water partition coefficient (Wildman–Crippen LogP) is 1.21. The molecule has 0 aliphatic carbocycles. The van der Waals surface area contributed by atoms with Gasteiger partial charge in [0.05, 0.1) is 17.6 Å². The van der Waals surface area contributed by atoms with Crippen LogP contribution < -0.4 is 10.0 Å². The highest BCUT2D eigenvalue weighted by atomic mass is 32.2. The van der Waals surface area contributed by atoms with E-state index < -0.39 is 10.0 Å². The van der Waals surface area contributed by atoms with Gasteiger partial charge < -0.3 is 10.2 Å². The van der Waals surface area contributed by atoms with Crippen LogP contribution in [-0.2, 0) is 10.0 Å². The van der Waals surface area contributed by atoms with Gasteiger partial charge in [-0.1, -0.05) is 6.92 Å². The smallest absolute Gasteiger partial charge is 0.232 e. The number of nitrogens with one attached hydrogen (secondary N) is 2. The number of aromatic nitrogens is 1.